The van der Waals surface area contributed by atoms with Gasteiger partial charge in [-0.15, -0.1) is 0 Å². The Morgan fingerprint density at radius 2 is 2.04 bits per heavy atom. The maximum Gasteiger partial charge on any atom is 0.306 e. The van der Waals surface area contributed by atoms with Crippen molar-refractivity contribution in [2.45, 2.75) is 45.6 Å². The first-order chi connectivity index (χ1) is 12.0. The molecule has 3 rings (SSSR count). The predicted octanol–water partition coefficient (Wildman–Crippen LogP) is 2.66. The summed E-state index contributed by atoms with van der Waals surface area (Å²) in [5, 5.41) is 16.2. The summed E-state index contributed by atoms with van der Waals surface area (Å²) in [5.74, 6) is -1.29. The zero-order chi connectivity index (χ0) is 17.8. The van der Waals surface area contributed by atoms with E-state index in [-0.39, 0.29) is 5.91 Å². The molecule has 1 aromatic heterocycles. The third-order valence-electron chi connectivity index (χ3n) is 4.62. The van der Waals surface area contributed by atoms with Crippen molar-refractivity contribution >= 4 is 17.6 Å². The number of nitrogens with zero attached hydrogens (tertiary/aromatic N) is 2. The number of carbonyl (C=O) groups excluding carboxylic acids is 1. The van der Waals surface area contributed by atoms with Gasteiger partial charge in [-0.05, 0) is 43.4 Å². The van der Waals surface area contributed by atoms with Gasteiger partial charge in [0.05, 0.1) is 18.5 Å². The van der Waals surface area contributed by atoms with E-state index in [2.05, 4.69) is 10.4 Å². The van der Waals surface area contributed by atoms with E-state index in [1.165, 1.54) is 5.69 Å². The number of aromatic nitrogens is 2. The summed E-state index contributed by atoms with van der Waals surface area (Å²) in [6.07, 6.45) is 5.89. The number of carboxylic acid groups (broad SMARTS) is 1. The minimum Gasteiger partial charge on any atom is -0.481 e. The highest BCUT2D eigenvalue weighted by atomic mass is 16.4. The van der Waals surface area contributed by atoms with Gasteiger partial charge in [0.25, 0.3) is 0 Å². The maximum atomic E-state index is 12.3. The van der Waals surface area contributed by atoms with Crippen LogP contribution in [0.5, 0.6) is 0 Å². The maximum absolute atomic E-state index is 12.3. The summed E-state index contributed by atoms with van der Waals surface area (Å²) < 4.78 is 2.00. The fourth-order valence-corrected chi connectivity index (χ4v) is 3.18. The summed E-state index contributed by atoms with van der Waals surface area (Å²) >= 11 is 0. The van der Waals surface area contributed by atoms with Gasteiger partial charge >= 0.3 is 5.97 Å². The van der Waals surface area contributed by atoms with Crippen LogP contribution in [0.2, 0.25) is 0 Å². The summed E-state index contributed by atoms with van der Waals surface area (Å²) in [6, 6.07) is 7.35. The third kappa shape index (κ3) is 4.26. The molecule has 0 saturated carbocycles. The van der Waals surface area contributed by atoms with Crippen molar-refractivity contribution in [1.29, 1.82) is 0 Å². The molecule has 0 bridgehead atoms. The van der Waals surface area contributed by atoms with Gasteiger partial charge in [0.1, 0.15) is 0 Å². The largest absolute Gasteiger partial charge is 0.481 e. The van der Waals surface area contributed by atoms with Crippen LogP contribution < -0.4 is 5.32 Å². The fraction of sp³-hybridized carbons (Fsp3) is 0.421. The summed E-state index contributed by atoms with van der Waals surface area (Å²) in [5.41, 5.74) is 3.85. The van der Waals surface area contributed by atoms with Crippen LogP contribution in [0, 0.1) is 5.92 Å². The number of aryl methyl sites for hydroxylation is 1. The molecular formula is C19H23N3O3. The van der Waals surface area contributed by atoms with Crippen LogP contribution in [0.25, 0.3) is 0 Å². The molecule has 1 atom stereocenters. The Kier molecular flexibility index (Phi) is 5.16. The number of benzene rings is 1. The van der Waals surface area contributed by atoms with Crippen molar-refractivity contribution < 1.29 is 14.7 Å². The fourth-order valence-electron chi connectivity index (χ4n) is 3.18. The van der Waals surface area contributed by atoms with Crippen LogP contribution in [-0.4, -0.2) is 26.8 Å². The first kappa shape index (κ1) is 17.2. The minimum absolute atomic E-state index is 0.0620. The second-order valence-corrected chi connectivity index (χ2v) is 6.66. The lowest BCUT2D eigenvalue weighted by atomic mass is 10.0. The number of anilines is 1. The Balaban J connectivity index is 1.58. The first-order valence-electron chi connectivity index (χ1n) is 8.68. The zero-order valence-corrected chi connectivity index (χ0v) is 14.4. The molecule has 2 aromatic rings. The van der Waals surface area contributed by atoms with Gasteiger partial charge in [-0.1, -0.05) is 19.1 Å². The number of carboxylic acids is 1. The van der Waals surface area contributed by atoms with Gasteiger partial charge in [0, 0.05) is 23.5 Å². The van der Waals surface area contributed by atoms with Crippen molar-refractivity contribution in [1.82, 2.24) is 9.78 Å². The molecule has 1 aliphatic rings. The van der Waals surface area contributed by atoms with Gasteiger partial charge < -0.3 is 10.4 Å². The number of amides is 1. The summed E-state index contributed by atoms with van der Waals surface area (Å²) in [7, 11) is 0. The van der Waals surface area contributed by atoms with E-state index >= 15 is 0 Å². The molecule has 2 heterocycles. The molecule has 6 nitrogen and oxygen atoms in total. The molecule has 0 radical (unpaired) electrons. The average Bonchev–Trinajstić information content (AvgIpc) is 2.99. The number of fused-ring (bicyclic) bond motifs is 1. The molecule has 6 heteroatoms. The SMILES string of the molecule is CC(Cc1ccc(NC(=O)Cc2cnn3c2CCCC3)cc1)C(=O)O. The monoisotopic (exact) mass is 341 g/mol. The molecule has 0 aliphatic carbocycles. The second kappa shape index (κ2) is 7.51. The number of carbonyl (C=O) groups is 2. The van der Waals surface area contributed by atoms with Crippen LogP contribution in [-0.2, 0) is 35.4 Å². The van der Waals surface area contributed by atoms with E-state index in [4.69, 9.17) is 5.11 Å². The Morgan fingerprint density at radius 3 is 2.76 bits per heavy atom. The van der Waals surface area contributed by atoms with Crippen LogP contribution in [0.3, 0.4) is 0 Å². The zero-order valence-electron chi connectivity index (χ0n) is 14.4. The molecule has 132 valence electrons. The molecule has 2 N–H and O–H groups in total. The Hall–Kier alpha value is -2.63. The van der Waals surface area contributed by atoms with Crippen LogP contribution in [0.1, 0.15) is 36.6 Å². The minimum atomic E-state index is -0.804. The number of hydrogen-bond donors (Lipinski definition) is 2. The molecule has 1 aliphatic heterocycles. The summed E-state index contributed by atoms with van der Waals surface area (Å²) in [4.78, 5) is 23.2. The Labute approximate surface area is 146 Å². The smallest absolute Gasteiger partial charge is 0.306 e. The van der Waals surface area contributed by atoms with Crippen LogP contribution in [0.4, 0.5) is 5.69 Å². The van der Waals surface area contributed by atoms with E-state index in [9.17, 15) is 9.59 Å². The van der Waals surface area contributed by atoms with Gasteiger partial charge in [-0.2, -0.15) is 5.10 Å². The molecule has 0 spiro atoms. The number of hydrogen-bond acceptors (Lipinski definition) is 3. The topological polar surface area (TPSA) is 84.2 Å². The van der Waals surface area contributed by atoms with Gasteiger partial charge in [-0.25, -0.2) is 0 Å². The van der Waals surface area contributed by atoms with Gasteiger partial charge in [0.2, 0.25) is 5.91 Å². The lowest BCUT2D eigenvalue weighted by Gasteiger charge is -2.14. The van der Waals surface area contributed by atoms with E-state index < -0.39 is 11.9 Å². The number of nitrogens with one attached hydrogen (secondary N) is 1. The van der Waals surface area contributed by atoms with Crippen molar-refractivity contribution in [2.75, 3.05) is 5.32 Å². The third-order valence-corrected chi connectivity index (χ3v) is 4.62. The molecule has 1 unspecified atom stereocenters. The molecule has 25 heavy (non-hydrogen) atoms. The van der Waals surface area contributed by atoms with E-state index in [1.807, 2.05) is 28.9 Å². The molecule has 0 fully saturated rings. The highest BCUT2D eigenvalue weighted by Gasteiger charge is 2.17. The lowest BCUT2D eigenvalue weighted by Crippen LogP contribution is -2.17. The molecule has 0 saturated heterocycles. The summed E-state index contributed by atoms with van der Waals surface area (Å²) in [6.45, 7) is 2.62. The van der Waals surface area contributed by atoms with Gasteiger partial charge in [0.15, 0.2) is 0 Å². The average molecular weight is 341 g/mol. The van der Waals surface area contributed by atoms with Crippen molar-refractivity contribution in [3.05, 3.63) is 47.3 Å². The molecular weight excluding hydrogens is 318 g/mol. The number of rotatable bonds is 6. The highest BCUT2D eigenvalue weighted by molar-refractivity contribution is 5.92. The van der Waals surface area contributed by atoms with Crippen molar-refractivity contribution in [3.63, 3.8) is 0 Å². The normalized spacial score (nSPS) is 14.6. The first-order valence-corrected chi connectivity index (χ1v) is 8.68. The molecule has 1 amide bonds. The quantitative estimate of drug-likeness (QED) is 0.846. The second-order valence-electron chi connectivity index (χ2n) is 6.66. The van der Waals surface area contributed by atoms with Crippen molar-refractivity contribution in [3.8, 4) is 0 Å². The van der Waals surface area contributed by atoms with Crippen molar-refractivity contribution in [2.24, 2.45) is 5.92 Å². The predicted molar refractivity (Wildman–Crippen MR) is 94.4 cm³/mol. The van der Waals surface area contributed by atoms with Crippen LogP contribution in [0.15, 0.2) is 30.5 Å². The van der Waals surface area contributed by atoms with Crippen LogP contribution >= 0.6 is 0 Å². The van der Waals surface area contributed by atoms with Gasteiger partial charge in [-0.3, -0.25) is 14.3 Å². The standard InChI is InChI=1S/C19H23N3O3/c1-13(19(24)25)10-14-5-7-16(8-6-14)21-18(23)11-15-12-20-22-9-3-2-4-17(15)22/h5-8,12-13H,2-4,9-11H2,1H3,(H,21,23)(H,24,25). The van der Waals surface area contributed by atoms with E-state index in [0.717, 1.165) is 42.6 Å². The highest BCUT2D eigenvalue weighted by Crippen LogP contribution is 2.19. The van der Waals surface area contributed by atoms with E-state index in [0.29, 0.717) is 12.8 Å². The lowest BCUT2D eigenvalue weighted by molar-refractivity contribution is -0.141. The van der Waals surface area contributed by atoms with E-state index in [1.54, 1.807) is 13.1 Å². The molecule has 1 aromatic carbocycles. The Bertz CT molecular complexity index is 765. The number of aliphatic carboxylic acids is 1. The Morgan fingerprint density at radius 1 is 1.28 bits per heavy atom.